The van der Waals surface area contributed by atoms with E-state index in [-0.39, 0.29) is 17.5 Å². The highest BCUT2D eigenvalue weighted by Crippen LogP contribution is 2.20. The Kier molecular flexibility index (Phi) is 6.27. The Labute approximate surface area is 123 Å². The second-order valence-electron chi connectivity index (χ2n) is 5.22. The van der Waals surface area contributed by atoms with Crippen LogP contribution in [0.25, 0.3) is 0 Å². The Bertz CT molecular complexity index is 518. The molecule has 1 amide bonds. The number of carbonyl (C=O) groups is 1. The second-order valence-corrected chi connectivity index (χ2v) is 5.22. The van der Waals surface area contributed by atoms with Gasteiger partial charge < -0.3 is 4.90 Å². The van der Waals surface area contributed by atoms with Crippen LogP contribution in [0.1, 0.15) is 50.4 Å². The third-order valence-corrected chi connectivity index (χ3v) is 3.28. The van der Waals surface area contributed by atoms with Crippen LogP contribution in [0.5, 0.6) is 0 Å². The van der Waals surface area contributed by atoms with E-state index in [0.29, 0.717) is 6.54 Å². The molecule has 0 heterocycles. The van der Waals surface area contributed by atoms with Crippen LogP contribution in [0, 0.1) is 15.9 Å². The van der Waals surface area contributed by atoms with Crippen LogP contribution in [0.4, 0.5) is 10.1 Å². The summed E-state index contributed by atoms with van der Waals surface area (Å²) in [6, 6.07) is 3.25. The Balaban J connectivity index is 2.98. The van der Waals surface area contributed by atoms with Crippen molar-refractivity contribution in [1.82, 2.24) is 4.90 Å². The molecule has 0 N–H and O–H groups in total. The molecular weight excluding hydrogens is 275 g/mol. The van der Waals surface area contributed by atoms with Crippen molar-refractivity contribution in [2.75, 3.05) is 6.54 Å². The quantitative estimate of drug-likeness (QED) is 0.437. The standard InChI is InChI=1S/C15H21FN2O3/c1-4-5-6-9-17(11(2)3)15(19)12-7-8-13(16)14(10-12)18(20)21/h7-8,10-11H,4-6,9H2,1-3H3. The molecule has 1 aromatic carbocycles. The summed E-state index contributed by atoms with van der Waals surface area (Å²) in [5.74, 6) is -1.23. The summed E-state index contributed by atoms with van der Waals surface area (Å²) in [5, 5.41) is 10.8. The topological polar surface area (TPSA) is 63.5 Å². The number of halogens is 1. The third kappa shape index (κ3) is 4.51. The first-order chi connectivity index (χ1) is 9.88. The van der Waals surface area contributed by atoms with Gasteiger partial charge in [0.15, 0.2) is 0 Å². The minimum Gasteiger partial charge on any atom is -0.336 e. The molecule has 0 aromatic heterocycles. The third-order valence-electron chi connectivity index (χ3n) is 3.28. The molecule has 0 fully saturated rings. The molecule has 0 unspecified atom stereocenters. The first kappa shape index (κ1) is 17.1. The molecule has 0 radical (unpaired) electrons. The van der Waals surface area contributed by atoms with E-state index in [0.717, 1.165) is 31.4 Å². The van der Waals surface area contributed by atoms with Gasteiger partial charge in [0.05, 0.1) is 4.92 Å². The summed E-state index contributed by atoms with van der Waals surface area (Å²) < 4.78 is 13.3. The molecule has 0 atom stereocenters. The maximum absolute atomic E-state index is 13.3. The number of nitrogens with zero attached hydrogens (tertiary/aromatic N) is 2. The van der Waals surface area contributed by atoms with Crippen LogP contribution in [-0.2, 0) is 0 Å². The number of nitro groups is 1. The summed E-state index contributed by atoms with van der Waals surface area (Å²) in [7, 11) is 0. The van der Waals surface area contributed by atoms with Gasteiger partial charge in [-0.15, -0.1) is 0 Å². The first-order valence-corrected chi connectivity index (χ1v) is 7.13. The predicted octanol–water partition coefficient (Wildman–Crippen LogP) is 3.77. The number of hydrogen-bond donors (Lipinski definition) is 0. The van der Waals surface area contributed by atoms with Crippen molar-refractivity contribution >= 4 is 11.6 Å². The molecule has 0 saturated heterocycles. The molecule has 0 aliphatic heterocycles. The minimum absolute atomic E-state index is 0.0153. The van der Waals surface area contributed by atoms with Crippen molar-refractivity contribution in [2.24, 2.45) is 0 Å². The van der Waals surface area contributed by atoms with Crippen molar-refractivity contribution in [3.63, 3.8) is 0 Å². The van der Waals surface area contributed by atoms with E-state index in [2.05, 4.69) is 6.92 Å². The van der Waals surface area contributed by atoms with Crippen LogP contribution in [0.3, 0.4) is 0 Å². The minimum atomic E-state index is -0.932. The Morgan fingerprint density at radius 1 is 1.38 bits per heavy atom. The SMILES string of the molecule is CCCCCN(C(=O)c1ccc(F)c([N+](=O)[O-])c1)C(C)C. The number of hydrogen-bond acceptors (Lipinski definition) is 3. The van der Waals surface area contributed by atoms with Gasteiger partial charge >= 0.3 is 5.69 Å². The van der Waals surface area contributed by atoms with E-state index in [9.17, 15) is 19.3 Å². The smallest absolute Gasteiger partial charge is 0.305 e. The predicted molar refractivity (Wildman–Crippen MR) is 78.8 cm³/mol. The number of carbonyl (C=O) groups excluding carboxylic acids is 1. The van der Waals surface area contributed by atoms with Gasteiger partial charge in [0.1, 0.15) is 0 Å². The number of rotatable bonds is 7. The zero-order valence-electron chi connectivity index (χ0n) is 12.6. The summed E-state index contributed by atoms with van der Waals surface area (Å²) >= 11 is 0. The number of unbranched alkanes of at least 4 members (excludes halogenated alkanes) is 2. The van der Waals surface area contributed by atoms with Crippen molar-refractivity contribution in [3.8, 4) is 0 Å². The molecule has 116 valence electrons. The summed E-state index contributed by atoms with van der Waals surface area (Å²) in [6.45, 7) is 6.45. The molecular formula is C15H21FN2O3. The van der Waals surface area contributed by atoms with Crippen molar-refractivity contribution in [1.29, 1.82) is 0 Å². The average Bonchev–Trinajstić information content (AvgIpc) is 2.42. The van der Waals surface area contributed by atoms with Gasteiger partial charge in [0.2, 0.25) is 5.82 Å². The van der Waals surface area contributed by atoms with E-state index in [1.54, 1.807) is 4.90 Å². The highest BCUT2D eigenvalue weighted by Gasteiger charge is 2.22. The second kappa shape index (κ2) is 7.71. The highest BCUT2D eigenvalue weighted by molar-refractivity contribution is 5.95. The normalized spacial score (nSPS) is 10.7. The molecule has 0 saturated carbocycles. The zero-order chi connectivity index (χ0) is 16.0. The summed E-state index contributed by atoms with van der Waals surface area (Å²) in [5.41, 5.74) is -0.522. The first-order valence-electron chi connectivity index (χ1n) is 7.13. The van der Waals surface area contributed by atoms with E-state index >= 15 is 0 Å². The van der Waals surface area contributed by atoms with Gasteiger partial charge in [0.25, 0.3) is 5.91 Å². The lowest BCUT2D eigenvalue weighted by molar-refractivity contribution is -0.387. The maximum Gasteiger partial charge on any atom is 0.305 e. The summed E-state index contributed by atoms with van der Waals surface area (Å²) in [4.78, 5) is 24.0. The average molecular weight is 296 g/mol. The fourth-order valence-corrected chi connectivity index (χ4v) is 2.08. The number of nitro benzene ring substituents is 1. The van der Waals surface area contributed by atoms with Gasteiger partial charge in [-0.05, 0) is 32.4 Å². The molecule has 0 aliphatic carbocycles. The van der Waals surface area contributed by atoms with Crippen molar-refractivity contribution in [3.05, 3.63) is 39.7 Å². The van der Waals surface area contributed by atoms with Crippen LogP contribution in [0.2, 0.25) is 0 Å². The van der Waals surface area contributed by atoms with Crippen molar-refractivity contribution in [2.45, 2.75) is 46.1 Å². The monoisotopic (exact) mass is 296 g/mol. The molecule has 0 aliphatic rings. The molecule has 21 heavy (non-hydrogen) atoms. The van der Waals surface area contributed by atoms with Crippen LogP contribution in [-0.4, -0.2) is 28.3 Å². The van der Waals surface area contributed by atoms with Gasteiger partial charge in [-0.1, -0.05) is 19.8 Å². The largest absolute Gasteiger partial charge is 0.336 e. The van der Waals surface area contributed by atoms with E-state index in [1.165, 1.54) is 6.07 Å². The lowest BCUT2D eigenvalue weighted by Crippen LogP contribution is -2.37. The molecule has 0 bridgehead atoms. The molecule has 0 spiro atoms. The Morgan fingerprint density at radius 3 is 2.57 bits per heavy atom. The molecule has 5 nitrogen and oxygen atoms in total. The van der Waals surface area contributed by atoms with E-state index < -0.39 is 16.4 Å². The number of amides is 1. The number of benzene rings is 1. The van der Waals surface area contributed by atoms with Crippen molar-refractivity contribution < 1.29 is 14.1 Å². The molecule has 6 heteroatoms. The Morgan fingerprint density at radius 2 is 2.05 bits per heavy atom. The fourth-order valence-electron chi connectivity index (χ4n) is 2.08. The lowest BCUT2D eigenvalue weighted by atomic mass is 10.1. The lowest BCUT2D eigenvalue weighted by Gasteiger charge is -2.26. The maximum atomic E-state index is 13.3. The van der Waals surface area contributed by atoms with Crippen LogP contribution in [0.15, 0.2) is 18.2 Å². The fraction of sp³-hybridized carbons (Fsp3) is 0.533. The van der Waals surface area contributed by atoms with Crippen LogP contribution < -0.4 is 0 Å². The van der Waals surface area contributed by atoms with Crippen LogP contribution >= 0.6 is 0 Å². The van der Waals surface area contributed by atoms with Gasteiger partial charge in [-0.25, -0.2) is 0 Å². The summed E-state index contributed by atoms with van der Waals surface area (Å²) in [6.07, 6.45) is 2.94. The van der Waals surface area contributed by atoms with Gasteiger partial charge in [-0.3, -0.25) is 14.9 Å². The van der Waals surface area contributed by atoms with Gasteiger partial charge in [0, 0.05) is 24.2 Å². The molecule has 1 rings (SSSR count). The van der Waals surface area contributed by atoms with Gasteiger partial charge in [-0.2, -0.15) is 4.39 Å². The Hall–Kier alpha value is -1.98. The van der Waals surface area contributed by atoms with E-state index in [1.807, 2.05) is 13.8 Å². The zero-order valence-corrected chi connectivity index (χ0v) is 12.6. The molecule has 1 aromatic rings. The highest BCUT2D eigenvalue weighted by atomic mass is 19.1. The van der Waals surface area contributed by atoms with E-state index in [4.69, 9.17) is 0 Å².